The van der Waals surface area contributed by atoms with Gasteiger partial charge in [-0.15, -0.1) is 0 Å². The lowest BCUT2D eigenvalue weighted by molar-refractivity contribution is -0.184. The molecule has 1 amide bonds. The Morgan fingerprint density at radius 2 is 2.06 bits per heavy atom. The smallest absolute Gasteiger partial charge is 0.243 e. The van der Waals surface area contributed by atoms with E-state index >= 15 is 0 Å². The Bertz CT molecular complexity index is 368. The fourth-order valence-electron chi connectivity index (χ4n) is 3.85. The summed E-state index contributed by atoms with van der Waals surface area (Å²) in [7, 11) is 0. The molecule has 3 fully saturated rings. The van der Waals surface area contributed by atoms with E-state index in [1.807, 2.05) is 16.7 Å². The van der Waals surface area contributed by atoms with Gasteiger partial charge in [0.2, 0.25) is 5.91 Å². The minimum Gasteiger partial charge on any atom is -0.377 e. The number of fused-ring (bicyclic) bond motifs is 1. The zero-order chi connectivity index (χ0) is 13.0. The second kappa shape index (κ2) is 4.12. The van der Waals surface area contributed by atoms with Crippen LogP contribution in [0.3, 0.4) is 0 Å². The van der Waals surface area contributed by atoms with Crippen LogP contribution in [0.4, 0.5) is 0 Å². The van der Waals surface area contributed by atoms with Crippen LogP contribution in [-0.2, 0) is 9.53 Å². The summed E-state index contributed by atoms with van der Waals surface area (Å²) in [6.07, 6.45) is 1.10. The SMILES string of the molecule is CC1(C)C2OCCC2C1(N)C(=O)N1CCSCC1. The fourth-order valence-corrected chi connectivity index (χ4v) is 4.75. The number of carbonyl (C=O) groups excluding carboxylic acids is 1. The van der Waals surface area contributed by atoms with Crippen LogP contribution in [0.5, 0.6) is 0 Å². The van der Waals surface area contributed by atoms with Gasteiger partial charge in [-0.1, -0.05) is 13.8 Å². The predicted molar refractivity (Wildman–Crippen MR) is 72.5 cm³/mol. The third kappa shape index (κ3) is 1.44. The highest BCUT2D eigenvalue weighted by Crippen LogP contribution is 2.58. The maximum Gasteiger partial charge on any atom is 0.243 e. The summed E-state index contributed by atoms with van der Waals surface area (Å²) in [5, 5.41) is 0. The van der Waals surface area contributed by atoms with Gasteiger partial charge in [0.15, 0.2) is 0 Å². The van der Waals surface area contributed by atoms with Crippen LogP contribution in [0, 0.1) is 11.3 Å². The van der Waals surface area contributed by atoms with Crippen molar-refractivity contribution < 1.29 is 9.53 Å². The molecule has 0 aromatic carbocycles. The molecule has 2 N–H and O–H groups in total. The predicted octanol–water partition coefficient (Wildman–Crippen LogP) is 0.704. The molecule has 4 nitrogen and oxygen atoms in total. The number of hydrogen-bond acceptors (Lipinski definition) is 4. The molecule has 5 heteroatoms. The lowest BCUT2D eigenvalue weighted by Gasteiger charge is -2.61. The Balaban J connectivity index is 1.83. The number of ether oxygens (including phenoxy) is 1. The van der Waals surface area contributed by atoms with Crippen molar-refractivity contribution in [2.75, 3.05) is 31.2 Å². The largest absolute Gasteiger partial charge is 0.377 e. The Labute approximate surface area is 113 Å². The van der Waals surface area contributed by atoms with Crippen molar-refractivity contribution in [3.8, 4) is 0 Å². The van der Waals surface area contributed by atoms with Gasteiger partial charge in [-0.3, -0.25) is 4.79 Å². The molecule has 2 heterocycles. The summed E-state index contributed by atoms with van der Waals surface area (Å²) in [4.78, 5) is 14.8. The molecule has 1 saturated carbocycles. The van der Waals surface area contributed by atoms with E-state index in [-0.39, 0.29) is 23.3 Å². The van der Waals surface area contributed by atoms with Crippen LogP contribution in [0.2, 0.25) is 0 Å². The van der Waals surface area contributed by atoms with Crippen LogP contribution >= 0.6 is 11.8 Å². The number of hydrogen-bond donors (Lipinski definition) is 1. The molecule has 3 atom stereocenters. The van der Waals surface area contributed by atoms with Gasteiger partial charge in [0.1, 0.15) is 5.54 Å². The number of nitrogens with two attached hydrogens (primary N) is 1. The van der Waals surface area contributed by atoms with Gasteiger partial charge in [-0.25, -0.2) is 0 Å². The first-order chi connectivity index (χ1) is 8.49. The van der Waals surface area contributed by atoms with E-state index < -0.39 is 5.54 Å². The molecule has 0 aromatic rings. The number of rotatable bonds is 1. The number of carbonyl (C=O) groups is 1. The molecule has 2 saturated heterocycles. The minimum atomic E-state index is -0.712. The van der Waals surface area contributed by atoms with Gasteiger partial charge in [0.05, 0.1) is 6.10 Å². The van der Waals surface area contributed by atoms with Gasteiger partial charge >= 0.3 is 0 Å². The van der Waals surface area contributed by atoms with Gasteiger partial charge in [0.25, 0.3) is 0 Å². The van der Waals surface area contributed by atoms with E-state index in [4.69, 9.17) is 10.5 Å². The maximum atomic E-state index is 12.8. The number of amides is 1. The van der Waals surface area contributed by atoms with Crippen LogP contribution in [0.25, 0.3) is 0 Å². The molecule has 0 aromatic heterocycles. The van der Waals surface area contributed by atoms with Crippen molar-refractivity contribution in [2.45, 2.75) is 31.9 Å². The molecule has 3 aliphatic rings. The zero-order valence-electron chi connectivity index (χ0n) is 11.1. The summed E-state index contributed by atoms with van der Waals surface area (Å²) in [5.41, 5.74) is 5.61. The monoisotopic (exact) mass is 270 g/mol. The Hall–Kier alpha value is -0.260. The molecule has 0 bridgehead atoms. The standard InChI is InChI=1S/C13H22N2O2S/c1-12(2)10-9(3-6-17-10)13(12,14)11(16)15-4-7-18-8-5-15/h9-10H,3-8,14H2,1-2H3. The van der Waals surface area contributed by atoms with E-state index in [9.17, 15) is 4.79 Å². The van der Waals surface area contributed by atoms with Crippen molar-refractivity contribution in [2.24, 2.45) is 17.1 Å². The third-order valence-electron chi connectivity index (χ3n) is 5.11. The van der Waals surface area contributed by atoms with E-state index in [1.165, 1.54) is 0 Å². The van der Waals surface area contributed by atoms with E-state index in [0.29, 0.717) is 0 Å². The number of thioether (sulfide) groups is 1. The van der Waals surface area contributed by atoms with Crippen LogP contribution in [0.1, 0.15) is 20.3 Å². The molecule has 18 heavy (non-hydrogen) atoms. The Morgan fingerprint density at radius 1 is 1.39 bits per heavy atom. The molecular weight excluding hydrogens is 248 g/mol. The molecule has 102 valence electrons. The molecule has 0 spiro atoms. The van der Waals surface area contributed by atoms with Crippen molar-refractivity contribution in [3.63, 3.8) is 0 Å². The van der Waals surface area contributed by atoms with Gasteiger partial charge in [-0.2, -0.15) is 11.8 Å². The van der Waals surface area contributed by atoms with Crippen molar-refractivity contribution in [3.05, 3.63) is 0 Å². The molecular formula is C13H22N2O2S. The van der Waals surface area contributed by atoms with E-state index in [0.717, 1.165) is 37.6 Å². The van der Waals surface area contributed by atoms with Crippen LogP contribution < -0.4 is 5.73 Å². The molecule has 3 rings (SSSR count). The fraction of sp³-hybridized carbons (Fsp3) is 0.923. The van der Waals surface area contributed by atoms with Crippen LogP contribution in [0.15, 0.2) is 0 Å². The second-order valence-electron chi connectivity index (χ2n) is 6.18. The molecule has 1 aliphatic carbocycles. The second-order valence-corrected chi connectivity index (χ2v) is 7.41. The van der Waals surface area contributed by atoms with Crippen molar-refractivity contribution >= 4 is 17.7 Å². The quantitative estimate of drug-likeness (QED) is 0.762. The summed E-state index contributed by atoms with van der Waals surface area (Å²) < 4.78 is 5.75. The molecule has 0 radical (unpaired) electrons. The van der Waals surface area contributed by atoms with Crippen molar-refractivity contribution in [1.29, 1.82) is 0 Å². The number of nitrogens with zero attached hydrogens (tertiary/aromatic N) is 1. The Morgan fingerprint density at radius 3 is 2.72 bits per heavy atom. The van der Waals surface area contributed by atoms with E-state index in [1.54, 1.807) is 0 Å². The maximum absolute atomic E-state index is 12.8. The lowest BCUT2D eigenvalue weighted by atomic mass is 9.47. The molecule has 3 unspecified atom stereocenters. The highest BCUT2D eigenvalue weighted by molar-refractivity contribution is 7.99. The van der Waals surface area contributed by atoms with E-state index in [2.05, 4.69) is 13.8 Å². The van der Waals surface area contributed by atoms with Crippen LogP contribution in [-0.4, -0.2) is 53.7 Å². The summed E-state index contributed by atoms with van der Waals surface area (Å²) in [5.74, 6) is 2.44. The topological polar surface area (TPSA) is 55.6 Å². The average Bonchev–Trinajstić information content (AvgIpc) is 2.86. The van der Waals surface area contributed by atoms with Gasteiger partial charge in [0, 0.05) is 42.5 Å². The first-order valence-electron chi connectivity index (χ1n) is 6.77. The first-order valence-corrected chi connectivity index (χ1v) is 7.92. The minimum absolute atomic E-state index is 0.152. The third-order valence-corrected chi connectivity index (χ3v) is 6.05. The average molecular weight is 270 g/mol. The molecule has 2 aliphatic heterocycles. The lowest BCUT2D eigenvalue weighted by Crippen LogP contribution is -2.80. The van der Waals surface area contributed by atoms with Gasteiger partial charge < -0.3 is 15.4 Å². The summed E-state index contributed by atoms with van der Waals surface area (Å²) in [6.45, 7) is 6.60. The highest BCUT2D eigenvalue weighted by Gasteiger charge is 2.71. The Kier molecular flexibility index (Phi) is 2.92. The van der Waals surface area contributed by atoms with Crippen molar-refractivity contribution in [1.82, 2.24) is 4.90 Å². The van der Waals surface area contributed by atoms with Gasteiger partial charge in [-0.05, 0) is 6.42 Å². The summed E-state index contributed by atoms with van der Waals surface area (Å²) in [6, 6.07) is 0. The highest BCUT2D eigenvalue weighted by atomic mass is 32.2. The summed E-state index contributed by atoms with van der Waals surface area (Å²) >= 11 is 1.91. The zero-order valence-corrected chi connectivity index (χ0v) is 12.0. The first kappa shape index (κ1) is 12.8. The normalized spacial score (nSPS) is 42.3.